The summed E-state index contributed by atoms with van der Waals surface area (Å²) in [5.41, 5.74) is 1.09. The van der Waals surface area contributed by atoms with Gasteiger partial charge in [0, 0.05) is 17.1 Å². The van der Waals surface area contributed by atoms with Crippen molar-refractivity contribution in [2.75, 3.05) is 6.54 Å². The van der Waals surface area contributed by atoms with Gasteiger partial charge in [0.1, 0.15) is 4.90 Å². The summed E-state index contributed by atoms with van der Waals surface area (Å²) in [6, 6.07) is 15.8. The highest BCUT2D eigenvalue weighted by atomic mass is 35.5. The first-order chi connectivity index (χ1) is 11.6. The number of hydrogen-bond acceptors (Lipinski definition) is 3. The molecule has 0 aliphatic rings. The Kier molecular flexibility index (Phi) is 4.81. The molecule has 3 rings (SSSR count). The van der Waals surface area contributed by atoms with E-state index in [0.717, 1.165) is 5.39 Å². The maximum absolute atomic E-state index is 12.5. The quantitative estimate of drug-likeness (QED) is 0.733. The number of hydrogen-bond donors (Lipinski definition) is 1. The number of benzene rings is 2. The van der Waals surface area contributed by atoms with Crippen LogP contribution >= 0.6 is 11.6 Å². The van der Waals surface area contributed by atoms with Crippen LogP contribution in [0.25, 0.3) is 10.9 Å². The van der Waals surface area contributed by atoms with Gasteiger partial charge in [-0.25, -0.2) is 8.42 Å². The molecule has 1 aromatic heterocycles. The zero-order chi connectivity index (χ0) is 17.0. The van der Waals surface area contributed by atoms with Gasteiger partial charge in [-0.2, -0.15) is 4.72 Å². The number of fused-ring (bicyclic) bond motifs is 1. The smallest absolute Gasteiger partial charge is 0.243 e. The Morgan fingerprint density at radius 1 is 1.04 bits per heavy atom. The Morgan fingerprint density at radius 2 is 1.83 bits per heavy atom. The molecular formula is C18H13ClN2O2S. The average molecular weight is 357 g/mol. The predicted molar refractivity (Wildman–Crippen MR) is 95.3 cm³/mol. The average Bonchev–Trinajstić information content (AvgIpc) is 2.59. The Hall–Kier alpha value is -2.39. The minimum Gasteiger partial charge on any atom is -0.255 e. The van der Waals surface area contributed by atoms with Crippen molar-refractivity contribution in [2.24, 2.45) is 0 Å². The third-order valence-electron chi connectivity index (χ3n) is 3.33. The van der Waals surface area contributed by atoms with Crippen molar-refractivity contribution in [3.63, 3.8) is 0 Å². The number of aromatic nitrogens is 1. The molecule has 0 aliphatic heterocycles. The van der Waals surface area contributed by atoms with Crippen LogP contribution in [0.5, 0.6) is 0 Å². The Bertz CT molecular complexity index is 1050. The topological polar surface area (TPSA) is 59.1 Å². The molecule has 4 nitrogen and oxygen atoms in total. The van der Waals surface area contributed by atoms with Crippen LogP contribution < -0.4 is 4.72 Å². The molecule has 0 bridgehead atoms. The summed E-state index contributed by atoms with van der Waals surface area (Å²) in [6.45, 7) is -0.0171. The SMILES string of the molecule is O=S(=O)(NCC#Cc1ccccc1Cl)c1cccc2cccnc12. The standard InChI is InChI=1S/C18H13ClN2O2S/c19-16-10-2-1-6-14(16)8-5-13-21-24(22,23)17-11-3-7-15-9-4-12-20-18(15)17/h1-4,6-7,9-12,21H,13H2. The van der Waals surface area contributed by atoms with E-state index in [-0.39, 0.29) is 11.4 Å². The van der Waals surface area contributed by atoms with Gasteiger partial charge in [0.15, 0.2) is 0 Å². The third-order valence-corrected chi connectivity index (χ3v) is 5.10. The molecule has 1 N–H and O–H groups in total. The van der Waals surface area contributed by atoms with E-state index in [9.17, 15) is 8.42 Å². The summed E-state index contributed by atoms with van der Waals surface area (Å²) in [5, 5.41) is 1.30. The van der Waals surface area contributed by atoms with Crippen LogP contribution in [0.1, 0.15) is 5.56 Å². The third kappa shape index (κ3) is 3.57. The second kappa shape index (κ2) is 7.02. The molecule has 0 radical (unpaired) electrons. The fourth-order valence-corrected chi connectivity index (χ4v) is 3.49. The van der Waals surface area contributed by atoms with Crippen LogP contribution in [0, 0.1) is 11.8 Å². The molecule has 1 heterocycles. The number of halogens is 1. The van der Waals surface area contributed by atoms with E-state index in [4.69, 9.17) is 11.6 Å². The van der Waals surface area contributed by atoms with Gasteiger partial charge < -0.3 is 0 Å². The lowest BCUT2D eigenvalue weighted by atomic mass is 10.2. The summed E-state index contributed by atoms with van der Waals surface area (Å²) in [6.07, 6.45) is 1.57. The van der Waals surface area contributed by atoms with Gasteiger partial charge in [-0.3, -0.25) is 4.98 Å². The van der Waals surface area contributed by atoms with Crippen LogP contribution in [-0.4, -0.2) is 19.9 Å². The van der Waals surface area contributed by atoms with Gasteiger partial charge in [0.05, 0.1) is 17.1 Å². The van der Waals surface area contributed by atoms with Crippen molar-refractivity contribution in [1.29, 1.82) is 0 Å². The Balaban J connectivity index is 1.81. The first kappa shape index (κ1) is 16.5. The first-order valence-corrected chi connectivity index (χ1v) is 9.01. The van der Waals surface area contributed by atoms with Gasteiger partial charge in [0.25, 0.3) is 0 Å². The molecule has 2 aromatic carbocycles. The van der Waals surface area contributed by atoms with Crippen molar-refractivity contribution in [1.82, 2.24) is 9.71 Å². The molecule has 120 valence electrons. The Labute approximate surface area is 145 Å². The lowest BCUT2D eigenvalue weighted by Crippen LogP contribution is -2.24. The van der Waals surface area contributed by atoms with Crippen LogP contribution in [0.15, 0.2) is 65.7 Å². The highest BCUT2D eigenvalue weighted by Crippen LogP contribution is 2.20. The second-order valence-electron chi connectivity index (χ2n) is 4.94. The molecule has 6 heteroatoms. The monoisotopic (exact) mass is 356 g/mol. The molecule has 3 aromatic rings. The molecule has 0 fully saturated rings. The second-order valence-corrected chi connectivity index (χ2v) is 7.08. The molecule has 0 spiro atoms. The highest BCUT2D eigenvalue weighted by molar-refractivity contribution is 7.89. The van der Waals surface area contributed by atoms with Crippen LogP contribution in [0.3, 0.4) is 0 Å². The van der Waals surface area contributed by atoms with Crippen molar-refractivity contribution in [2.45, 2.75) is 4.90 Å². The molecule has 0 saturated carbocycles. The minimum atomic E-state index is -3.70. The molecular weight excluding hydrogens is 344 g/mol. The van der Waals surface area contributed by atoms with E-state index in [0.29, 0.717) is 16.1 Å². The first-order valence-electron chi connectivity index (χ1n) is 7.15. The van der Waals surface area contributed by atoms with Crippen molar-refractivity contribution >= 4 is 32.5 Å². The summed E-state index contributed by atoms with van der Waals surface area (Å²) in [4.78, 5) is 4.30. The lowest BCUT2D eigenvalue weighted by molar-refractivity contribution is 0.587. The molecule has 24 heavy (non-hydrogen) atoms. The van der Waals surface area contributed by atoms with Gasteiger partial charge in [-0.15, -0.1) is 0 Å². The molecule has 0 saturated heterocycles. The van der Waals surface area contributed by atoms with E-state index in [1.807, 2.05) is 24.3 Å². The van der Waals surface area contributed by atoms with Crippen molar-refractivity contribution < 1.29 is 8.42 Å². The number of pyridine rings is 1. The zero-order valence-corrected chi connectivity index (χ0v) is 14.1. The van der Waals surface area contributed by atoms with Gasteiger partial charge in [0.2, 0.25) is 10.0 Å². The van der Waals surface area contributed by atoms with E-state index in [2.05, 4.69) is 21.5 Å². The number of nitrogens with one attached hydrogen (secondary N) is 1. The maximum atomic E-state index is 12.5. The van der Waals surface area contributed by atoms with Crippen molar-refractivity contribution in [3.05, 3.63) is 71.4 Å². The van der Waals surface area contributed by atoms with E-state index < -0.39 is 10.0 Å². The normalized spacial score (nSPS) is 11.0. The zero-order valence-electron chi connectivity index (χ0n) is 12.5. The van der Waals surface area contributed by atoms with Crippen molar-refractivity contribution in [3.8, 4) is 11.8 Å². The van der Waals surface area contributed by atoms with Crippen LogP contribution in [-0.2, 0) is 10.0 Å². The predicted octanol–water partition coefficient (Wildman–Crippen LogP) is 3.22. The van der Waals surface area contributed by atoms with Crippen LogP contribution in [0.2, 0.25) is 5.02 Å². The summed E-state index contributed by atoms with van der Waals surface area (Å²) >= 11 is 6.00. The number of nitrogens with zero attached hydrogens (tertiary/aromatic N) is 1. The van der Waals surface area contributed by atoms with Gasteiger partial charge in [-0.1, -0.05) is 53.8 Å². The number of rotatable bonds is 3. The molecule has 0 aliphatic carbocycles. The summed E-state index contributed by atoms with van der Waals surface area (Å²) < 4.78 is 27.4. The van der Waals surface area contributed by atoms with E-state index >= 15 is 0 Å². The lowest BCUT2D eigenvalue weighted by Gasteiger charge is -2.06. The molecule has 0 unspecified atom stereocenters. The number of para-hydroxylation sites is 1. The van der Waals surface area contributed by atoms with E-state index in [1.165, 1.54) is 6.07 Å². The van der Waals surface area contributed by atoms with Crippen LogP contribution in [0.4, 0.5) is 0 Å². The van der Waals surface area contributed by atoms with Gasteiger partial charge in [-0.05, 0) is 24.3 Å². The maximum Gasteiger partial charge on any atom is 0.243 e. The summed E-state index contributed by atoms with van der Waals surface area (Å²) in [7, 11) is -3.70. The Morgan fingerprint density at radius 3 is 2.67 bits per heavy atom. The highest BCUT2D eigenvalue weighted by Gasteiger charge is 2.16. The largest absolute Gasteiger partial charge is 0.255 e. The number of sulfonamides is 1. The minimum absolute atomic E-state index is 0.0171. The fraction of sp³-hybridized carbons (Fsp3) is 0.0556. The summed E-state index contributed by atoms with van der Waals surface area (Å²) in [5.74, 6) is 5.62. The molecule has 0 atom stereocenters. The fourth-order valence-electron chi connectivity index (χ4n) is 2.20. The molecule has 0 amide bonds. The van der Waals surface area contributed by atoms with E-state index in [1.54, 1.807) is 30.5 Å². The van der Waals surface area contributed by atoms with Gasteiger partial charge >= 0.3 is 0 Å².